The zero-order valence-corrected chi connectivity index (χ0v) is 18.7. The fraction of sp³-hybridized carbons (Fsp3) is 0.240. The summed E-state index contributed by atoms with van der Waals surface area (Å²) in [5, 5.41) is 58.7. The van der Waals surface area contributed by atoms with Crippen molar-refractivity contribution in [3.8, 4) is 17.2 Å². The molecule has 11 nitrogen and oxygen atoms in total. The van der Waals surface area contributed by atoms with E-state index in [-0.39, 0.29) is 11.5 Å². The summed E-state index contributed by atoms with van der Waals surface area (Å²) in [4.78, 5) is 36.2. The van der Waals surface area contributed by atoms with Crippen LogP contribution in [0, 0.1) is 0 Å². The van der Waals surface area contributed by atoms with Gasteiger partial charge in [0.05, 0.1) is 0 Å². The summed E-state index contributed by atoms with van der Waals surface area (Å²) >= 11 is 0. The normalized spacial score (nSPS) is 24.0. The number of phenols is 3. The molecule has 1 aliphatic carbocycles. The third-order valence-corrected chi connectivity index (χ3v) is 5.49. The van der Waals surface area contributed by atoms with E-state index >= 15 is 0 Å². The predicted octanol–water partition coefficient (Wildman–Crippen LogP) is 1.32. The maximum atomic E-state index is 12.3. The van der Waals surface area contributed by atoms with Crippen LogP contribution in [0.2, 0.25) is 0 Å². The number of rotatable bonds is 7. The number of carbonyl (C=O) groups is 3. The molecule has 1 saturated carbocycles. The lowest BCUT2D eigenvalue weighted by Gasteiger charge is -2.40. The summed E-state index contributed by atoms with van der Waals surface area (Å²) in [7, 11) is 0. The fourth-order valence-electron chi connectivity index (χ4n) is 3.56. The van der Waals surface area contributed by atoms with Gasteiger partial charge < -0.3 is 40.1 Å². The first-order valence-corrected chi connectivity index (χ1v) is 10.7. The van der Waals surface area contributed by atoms with E-state index in [1.807, 2.05) is 0 Å². The number of aliphatic carboxylic acids is 1. The molecule has 11 heteroatoms. The SMILES string of the molecule is O=C(/C=C/c1ccc(O)cc1)O[C@@H]1C[C@](O)(C(=O)O)C[C@@H](OC(=O)/C=C/c2ccc(O)c(O)c2)[C@H]1O. The monoisotopic (exact) mass is 500 g/mol. The minimum absolute atomic E-state index is 0.0321. The molecule has 0 heterocycles. The number of carboxylic acids is 1. The third-order valence-electron chi connectivity index (χ3n) is 5.49. The zero-order valence-electron chi connectivity index (χ0n) is 18.7. The van der Waals surface area contributed by atoms with Crippen LogP contribution in [-0.2, 0) is 23.9 Å². The number of hydrogen-bond donors (Lipinski definition) is 6. The van der Waals surface area contributed by atoms with Crippen molar-refractivity contribution in [1.29, 1.82) is 0 Å². The van der Waals surface area contributed by atoms with Gasteiger partial charge in [-0.1, -0.05) is 18.2 Å². The van der Waals surface area contributed by atoms with E-state index in [0.717, 1.165) is 12.2 Å². The highest BCUT2D eigenvalue weighted by molar-refractivity contribution is 5.88. The summed E-state index contributed by atoms with van der Waals surface area (Å²) in [5.41, 5.74) is -1.56. The van der Waals surface area contributed by atoms with Crippen molar-refractivity contribution in [2.75, 3.05) is 0 Å². The van der Waals surface area contributed by atoms with Crippen LogP contribution in [0.4, 0.5) is 0 Å². The molecule has 0 unspecified atom stereocenters. The molecule has 0 aromatic heterocycles. The minimum atomic E-state index is -2.44. The van der Waals surface area contributed by atoms with E-state index in [9.17, 15) is 45.0 Å². The highest BCUT2D eigenvalue weighted by atomic mass is 16.6. The zero-order chi connectivity index (χ0) is 26.5. The lowest BCUT2D eigenvalue weighted by atomic mass is 9.79. The summed E-state index contributed by atoms with van der Waals surface area (Å²) in [6.07, 6.45) is -1.39. The Kier molecular flexibility index (Phi) is 7.97. The Morgan fingerprint density at radius 1 is 0.806 bits per heavy atom. The second kappa shape index (κ2) is 10.9. The molecular weight excluding hydrogens is 476 g/mol. The van der Waals surface area contributed by atoms with Crippen LogP contribution in [-0.4, -0.2) is 72.5 Å². The van der Waals surface area contributed by atoms with Gasteiger partial charge in [-0.2, -0.15) is 0 Å². The molecule has 2 aromatic carbocycles. The Morgan fingerprint density at radius 2 is 1.31 bits per heavy atom. The number of aromatic hydroxyl groups is 3. The summed E-state index contributed by atoms with van der Waals surface area (Å²) < 4.78 is 10.3. The highest BCUT2D eigenvalue weighted by Crippen LogP contribution is 2.33. The lowest BCUT2D eigenvalue weighted by Crippen LogP contribution is -2.58. The maximum Gasteiger partial charge on any atom is 0.335 e. The van der Waals surface area contributed by atoms with Crippen LogP contribution in [0.25, 0.3) is 12.2 Å². The van der Waals surface area contributed by atoms with Gasteiger partial charge >= 0.3 is 17.9 Å². The second-order valence-corrected chi connectivity index (χ2v) is 8.19. The Labute approximate surface area is 204 Å². The van der Waals surface area contributed by atoms with E-state index in [1.54, 1.807) is 0 Å². The number of hydrogen-bond acceptors (Lipinski definition) is 10. The molecule has 0 aliphatic heterocycles. The van der Waals surface area contributed by atoms with E-state index in [0.29, 0.717) is 11.1 Å². The molecule has 190 valence electrons. The van der Waals surface area contributed by atoms with Crippen LogP contribution < -0.4 is 0 Å². The first kappa shape index (κ1) is 26.3. The van der Waals surface area contributed by atoms with Gasteiger partial charge in [-0.25, -0.2) is 14.4 Å². The predicted molar refractivity (Wildman–Crippen MR) is 124 cm³/mol. The second-order valence-electron chi connectivity index (χ2n) is 8.19. The van der Waals surface area contributed by atoms with Gasteiger partial charge in [0.1, 0.15) is 24.1 Å². The molecule has 1 aliphatic rings. The van der Waals surface area contributed by atoms with Crippen LogP contribution in [0.3, 0.4) is 0 Å². The Bertz CT molecular complexity index is 1180. The van der Waals surface area contributed by atoms with Gasteiger partial charge in [0.2, 0.25) is 0 Å². The topological polar surface area (TPSA) is 191 Å². The van der Waals surface area contributed by atoms with Crippen molar-refractivity contribution in [3.63, 3.8) is 0 Å². The molecule has 3 rings (SSSR count). The van der Waals surface area contributed by atoms with Gasteiger partial charge in [-0.3, -0.25) is 0 Å². The molecule has 36 heavy (non-hydrogen) atoms. The molecule has 0 saturated heterocycles. The first-order chi connectivity index (χ1) is 17.0. The van der Waals surface area contributed by atoms with E-state index in [2.05, 4.69) is 0 Å². The summed E-state index contributed by atoms with van der Waals surface area (Å²) in [6, 6.07) is 9.65. The van der Waals surface area contributed by atoms with Crippen LogP contribution in [0.15, 0.2) is 54.6 Å². The fourth-order valence-corrected chi connectivity index (χ4v) is 3.56. The smallest absolute Gasteiger partial charge is 0.335 e. The molecule has 2 aromatic rings. The quantitative estimate of drug-likeness (QED) is 0.183. The number of benzene rings is 2. The number of aliphatic hydroxyl groups excluding tert-OH is 1. The average Bonchev–Trinajstić information content (AvgIpc) is 2.82. The Hall–Kier alpha value is -4.35. The van der Waals surface area contributed by atoms with Crippen molar-refractivity contribution in [3.05, 3.63) is 65.7 Å². The Morgan fingerprint density at radius 3 is 1.81 bits per heavy atom. The van der Waals surface area contributed by atoms with Crippen molar-refractivity contribution in [2.45, 2.75) is 36.8 Å². The number of carboxylic acid groups (broad SMARTS) is 1. The standard InChI is InChI=1S/C25H24O11/c26-16-6-1-14(2-7-16)4-9-21(29)35-19-12-25(34,24(32)33)13-20(23(19)31)36-22(30)10-5-15-3-8-17(27)18(28)11-15/h1-11,19-20,23,26-28,31,34H,12-13H2,(H,32,33)/b9-4+,10-5+/t19-,20-,23+,25-/m1/s1. The Balaban J connectivity index is 1.70. The third kappa shape index (κ3) is 6.62. The van der Waals surface area contributed by atoms with Gasteiger partial charge in [-0.05, 0) is 47.5 Å². The van der Waals surface area contributed by atoms with Gasteiger partial charge in [0.25, 0.3) is 0 Å². The molecule has 0 spiro atoms. The molecule has 0 radical (unpaired) electrons. The van der Waals surface area contributed by atoms with E-state index in [1.165, 1.54) is 54.6 Å². The number of esters is 2. The van der Waals surface area contributed by atoms with Crippen molar-refractivity contribution in [1.82, 2.24) is 0 Å². The minimum Gasteiger partial charge on any atom is -0.508 e. The number of aliphatic hydroxyl groups is 2. The van der Waals surface area contributed by atoms with E-state index in [4.69, 9.17) is 9.47 Å². The molecule has 0 bridgehead atoms. The maximum absolute atomic E-state index is 12.3. The van der Waals surface area contributed by atoms with Crippen LogP contribution in [0.1, 0.15) is 24.0 Å². The van der Waals surface area contributed by atoms with E-state index < -0.39 is 60.4 Å². The summed E-state index contributed by atoms with van der Waals surface area (Å²) in [6.45, 7) is 0. The van der Waals surface area contributed by atoms with Gasteiger partial charge in [0.15, 0.2) is 17.1 Å². The average molecular weight is 500 g/mol. The number of ether oxygens (including phenoxy) is 2. The molecule has 4 atom stereocenters. The van der Waals surface area contributed by atoms with Gasteiger partial charge in [-0.15, -0.1) is 0 Å². The van der Waals surface area contributed by atoms with Crippen LogP contribution in [0.5, 0.6) is 17.2 Å². The number of carbonyl (C=O) groups excluding carboxylic acids is 2. The summed E-state index contributed by atoms with van der Waals surface area (Å²) in [5.74, 6) is -4.33. The largest absolute Gasteiger partial charge is 0.508 e. The van der Waals surface area contributed by atoms with Crippen LogP contribution >= 0.6 is 0 Å². The molecule has 0 amide bonds. The van der Waals surface area contributed by atoms with Gasteiger partial charge in [0, 0.05) is 25.0 Å². The molecule has 6 N–H and O–H groups in total. The molecular formula is C25H24O11. The first-order valence-electron chi connectivity index (χ1n) is 10.7. The lowest BCUT2D eigenvalue weighted by molar-refractivity contribution is -0.203. The van der Waals surface area contributed by atoms with Crippen molar-refractivity contribution in [2.24, 2.45) is 0 Å². The van der Waals surface area contributed by atoms with Crippen molar-refractivity contribution < 1.29 is 54.5 Å². The van der Waals surface area contributed by atoms with Crippen molar-refractivity contribution >= 4 is 30.1 Å². The highest BCUT2D eigenvalue weighted by Gasteiger charge is 2.52. The molecule has 1 fully saturated rings. The number of phenolic OH excluding ortho intramolecular Hbond substituents is 3.